The van der Waals surface area contributed by atoms with E-state index in [2.05, 4.69) is 20.8 Å². The van der Waals surface area contributed by atoms with Gasteiger partial charge in [-0.2, -0.15) is 13.2 Å². The van der Waals surface area contributed by atoms with Crippen molar-refractivity contribution < 1.29 is 17.9 Å². The van der Waals surface area contributed by atoms with E-state index < -0.39 is 12.6 Å². The van der Waals surface area contributed by atoms with Crippen LogP contribution in [0, 0.1) is 0 Å². The molecule has 0 aromatic carbocycles. The van der Waals surface area contributed by atoms with Crippen LogP contribution in [0.4, 0.5) is 13.2 Å². The summed E-state index contributed by atoms with van der Waals surface area (Å²) in [6.45, 7) is 2.59. The number of hydrogen-bond donors (Lipinski definition) is 1. The first kappa shape index (κ1) is 14.8. The Balaban J connectivity index is 2.53. The van der Waals surface area contributed by atoms with Crippen molar-refractivity contribution in [2.75, 3.05) is 20.3 Å². The fourth-order valence-corrected chi connectivity index (χ4v) is 1.38. The lowest BCUT2D eigenvalue weighted by Gasteiger charge is -2.13. The zero-order chi connectivity index (χ0) is 13.6. The van der Waals surface area contributed by atoms with E-state index in [4.69, 9.17) is 4.74 Å². The molecule has 104 valence electrons. The van der Waals surface area contributed by atoms with Crippen LogP contribution in [-0.2, 0) is 11.3 Å². The van der Waals surface area contributed by atoms with Gasteiger partial charge in [-0.25, -0.2) is 4.68 Å². The molecule has 1 atom stereocenters. The molecule has 1 unspecified atom stereocenters. The number of tetrazole rings is 1. The molecular weight excluding hydrogens is 251 g/mol. The van der Waals surface area contributed by atoms with Crippen molar-refractivity contribution in [3.8, 4) is 0 Å². The minimum atomic E-state index is -4.21. The van der Waals surface area contributed by atoms with Gasteiger partial charge >= 0.3 is 6.18 Å². The molecule has 0 spiro atoms. The molecule has 18 heavy (non-hydrogen) atoms. The highest BCUT2D eigenvalue weighted by molar-refractivity contribution is 4.89. The highest BCUT2D eigenvalue weighted by atomic mass is 19.4. The van der Waals surface area contributed by atoms with E-state index in [-0.39, 0.29) is 12.6 Å². The van der Waals surface area contributed by atoms with Crippen molar-refractivity contribution in [2.24, 2.45) is 0 Å². The first-order valence-corrected chi connectivity index (χ1v) is 5.49. The van der Waals surface area contributed by atoms with Crippen molar-refractivity contribution in [3.63, 3.8) is 0 Å². The number of aromatic nitrogens is 4. The van der Waals surface area contributed by atoms with Crippen LogP contribution in [0.15, 0.2) is 0 Å². The van der Waals surface area contributed by atoms with Gasteiger partial charge in [0.2, 0.25) is 0 Å². The number of halogens is 3. The molecule has 0 aliphatic heterocycles. The van der Waals surface area contributed by atoms with Gasteiger partial charge in [0.15, 0.2) is 5.82 Å². The SMILES string of the molecule is COCCNC(C)c1nnnn1CCC(F)(F)F. The Morgan fingerprint density at radius 2 is 2.17 bits per heavy atom. The second-order valence-electron chi connectivity index (χ2n) is 3.79. The standard InChI is InChI=1S/C9H16F3N5O/c1-7(13-4-6-18-2)8-14-15-16-17(8)5-3-9(10,11)12/h7,13H,3-6H2,1-2H3. The van der Waals surface area contributed by atoms with Crippen molar-refractivity contribution in [1.82, 2.24) is 25.5 Å². The first-order chi connectivity index (χ1) is 8.44. The molecule has 1 aromatic heterocycles. The van der Waals surface area contributed by atoms with Crippen LogP contribution in [0.3, 0.4) is 0 Å². The van der Waals surface area contributed by atoms with E-state index >= 15 is 0 Å². The molecule has 6 nitrogen and oxygen atoms in total. The molecule has 0 saturated heterocycles. The summed E-state index contributed by atoms with van der Waals surface area (Å²) in [6, 6.07) is -0.233. The van der Waals surface area contributed by atoms with Crippen molar-refractivity contribution >= 4 is 0 Å². The van der Waals surface area contributed by atoms with Gasteiger partial charge in [0.25, 0.3) is 0 Å². The Kier molecular flexibility index (Phi) is 5.48. The predicted molar refractivity (Wildman–Crippen MR) is 56.8 cm³/mol. The van der Waals surface area contributed by atoms with Gasteiger partial charge in [0.1, 0.15) is 0 Å². The van der Waals surface area contributed by atoms with E-state index in [1.165, 1.54) is 0 Å². The fourth-order valence-electron chi connectivity index (χ4n) is 1.38. The van der Waals surface area contributed by atoms with E-state index in [1.807, 2.05) is 0 Å². The monoisotopic (exact) mass is 267 g/mol. The van der Waals surface area contributed by atoms with Crippen LogP contribution in [0.25, 0.3) is 0 Å². The Bertz CT molecular complexity index is 354. The molecule has 0 aliphatic carbocycles. The van der Waals surface area contributed by atoms with Crippen LogP contribution in [0.5, 0.6) is 0 Å². The molecule has 1 N–H and O–H groups in total. The summed E-state index contributed by atoms with van der Waals surface area (Å²) in [7, 11) is 1.57. The minimum absolute atomic E-state index is 0.233. The second-order valence-corrected chi connectivity index (χ2v) is 3.79. The number of nitrogens with one attached hydrogen (secondary N) is 1. The Labute approximate surface area is 102 Å². The highest BCUT2D eigenvalue weighted by Crippen LogP contribution is 2.20. The number of methoxy groups -OCH3 is 1. The maximum Gasteiger partial charge on any atom is 0.390 e. The first-order valence-electron chi connectivity index (χ1n) is 5.49. The van der Waals surface area contributed by atoms with E-state index in [9.17, 15) is 13.2 Å². The van der Waals surface area contributed by atoms with Gasteiger partial charge in [-0.3, -0.25) is 0 Å². The molecule has 0 bridgehead atoms. The normalized spacial score (nSPS) is 13.8. The summed E-state index contributed by atoms with van der Waals surface area (Å²) < 4.78 is 42.4. The van der Waals surface area contributed by atoms with Gasteiger partial charge in [-0.1, -0.05) is 0 Å². The average Bonchev–Trinajstić information content (AvgIpc) is 2.73. The lowest BCUT2D eigenvalue weighted by atomic mass is 10.3. The van der Waals surface area contributed by atoms with Gasteiger partial charge in [-0.05, 0) is 17.4 Å². The molecule has 0 aliphatic rings. The lowest BCUT2D eigenvalue weighted by Crippen LogP contribution is -2.26. The van der Waals surface area contributed by atoms with Crippen LogP contribution in [-0.4, -0.2) is 46.6 Å². The Hall–Kier alpha value is -1.22. The van der Waals surface area contributed by atoms with Crippen LogP contribution >= 0.6 is 0 Å². The van der Waals surface area contributed by atoms with Crippen molar-refractivity contribution in [3.05, 3.63) is 5.82 Å². The summed E-state index contributed by atoms with van der Waals surface area (Å²) in [5.74, 6) is 0.385. The Morgan fingerprint density at radius 3 is 2.78 bits per heavy atom. The third-order valence-electron chi connectivity index (χ3n) is 2.31. The Morgan fingerprint density at radius 1 is 1.44 bits per heavy atom. The molecule has 0 saturated carbocycles. The molecule has 0 radical (unpaired) electrons. The highest BCUT2D eigenvalue weighted by Gasteiger charge is 2.28. The number of ether oxygens (including phenoxy) is 1. The van der Waals surface area contributed by atoms with Gasteiger partial charge < -0.3 is 10.1 Å². The molecule has 1 heterocycles. The van der Waals surface area contributed by atoms with Gasteiger partial charge in [0, 0.05) is 13.7 Å². The number of hydrogen-bond acceptors (Lipinski definition) is 5. The largest absolute Gasteiger partial charge is 0.390 e. The maximum atomic E-state index is 12.1. The topological polar surface area (TPSA) is 64.9 Å². The van der Waals surface area contributed by atoms with Crippen LogP contribution < -0.4 is 5.32 Å². The maximum absolute atomic E-state index is 12.1. The van der Waals surface area contributed by atoms with Crippen molar-refractivity contribution in [1.29, 1.82) is 0 Å². The third-order valence-corrected chi connectivity index (χ3v) is 2.31. The summed E-state index contributed by atoms with van der Waals surface area (Å²) >= 11 is 0. The predicted octanol–water partition coefficient (Wildman–Crippen LogP) is 0.922. The molecule has 0 amide bonds. The number of alkyl halides is 3. The lowest BCUT2D eigenvalue weighted by molar-refractivity contribution is -0.137. The zero-order valence-electron chi connectivity index (χ0n) is 10.2. The van der Waals surface area contributed by atoms with E-state index in [0.29, 0.717) is 19.0 Å². The summed E-state index contributed by atoms with van der Waals surface area (Å²) in [5, 5.41) is 13.7. The quantitative estimate of drug-likeness (QED) is 0.744. The number of rotatable bonds is 7. The fraction of sp³-hybridized carbons (Fsp3) is 0.889. The van der Waals surface area contributed by atoms with Crippen molar-refractivity contribution in [2.45, 2.75) is 32.1 Å². The molecule has 1 rings (SSSR count). The minimum Gasteiger partial charge on any atom is -0.383 e. The molecule has 9 heteroatoms. The summed E-state index contributed by atoms with van der Waals surface area (Å²) in [6.07, 6.45) is -5.16. The van der Waals surface area contributed by atoms with Crippen LogP contribution in [0.2, 0.25) is 0 Å². The summed E-state index contributed by atoms with van der Waals surface area (Å²) in [4.78, 5) is 0. The van der Waals surface area contributed by atoms with Gasteiger partial charge in [-0.15, -0.1) is 5.10 Å². The second kappa shape index (κ2) is 6.64. The van der Waals surface area contributed by atoms with Gasteiger partial charge in [0.05, 0.1) is 25.6 Å². The molecule has 1 aromatic rings. The molecule has 0 fully saturated rings. The van der Waals surface area contributed by atoms with E-state index in [0.717, 1.165) is 4.68 Å². The zero-order valence-corrected chi connectivity index (χ0v) is 10.2. The third kappa shape index (κ3) is 4.96. The number of aryl methyl sites for hydroxylation is 1. The summed E-state index contributed by atoms with van der Waals surface area (Å²) in [5.41, 5.74) is 0. The van der Waals surface area contributed by atoms with Crippen LogP contribution in [0.1, 0.15) is 25.2 Å². The smallest absolute Gasteiger partial charge is 0.383 e. The molecular formula is C9H16F3N5O. The average molecular weight is 267 g/mol. The number of nitrogens with zero attached hydrogens (tertiary/aromatic N) is 4. The van der Waals surface area contributed by atoms with E-state index in [1.54, 1.807) is 14.0 Å².